The fraction of sp³-hybridized carbons (Fsp3) is 0.286. The van der Waals surface area contributed by atoms with Gasteiger partial charge in [0.15, 0.2) is 0 Å². The summed E-state index contributed by atoms with van der Waals surface area (Å²) in [5, 5.41) is 8.57. The van der Waals surface area contributed by atoms with Gasteiger partial charge in [-0.05, 0) is 64.1 Å². The quantitative estimate of drug-likeness (QED) is 0.247. The van der Waals surface area contributed by atoms with Crippen LogP contribution in [0.3, 0.4) is 0 Å². The minimum Gasteiger partial charge on any atom is -0.351 e. The van der Waals surface area contributed by atoms with Gasteiger partial charge in [0.05, 0.1) is 4.91 Å². The van der Waals surface area contributed by atoms with E-state index < -0.39 is 0 Å². The first-order valence-corrected chi connectivity index (χ1v) is 15.6. The Morgan fingerprint density at radius 1 is 1.00 bits per heavy atom. The molecule has 43 heavy (non-hydrogen) atoms. The molecule has 2 heterocycles. The van der Waals surface area contributed by atoms with Gasteiger partial charge >= 0.3 is 0 Å². The van der Waals surface area contributed by atoms with E-state index in [2.05, 4.69) is 89.3 Å². The fourth-order valence-electron chi connectivity index (χ4n) is 5.55. The Labute approximate surface area is 257 Å². The zero-order valence-electron chi connectivity index (χ0n) is 24.6. The lowest BCUT2D eigenvalue weighted by Gasteiger charge is -2.31. The summed E-state index contributed by atoms with van der Waals surface area (Å²) >= 11 is 0.893. The van der Waals surface area contributed by atoms with Crippen LogP contribution in [0, 0.1) is 5.92 Å². The normalized spacial score (nSPS) is 19.6. The number of imide groups is 1. The van der Waals surface area contributed by atoms with E-state index in [1.54, 1.807) is 18.2 Å². The van der Waals surface area contributed by atoms with Gasteiger partial charge in [0, 0.05) is 44.3 Å². The van der Waals surface area contributed by atoms with Gasteiger partial charge in [0.25, 0.3) is 11.1 Å². The average Bonchev–Trinajstić information content (AvgIpc) is 3.61. The number of thioether (sulfide) groups is 1. The maximum absolute atomic E-state index is 12.6. The molecule has 0 unspecified atom stereocenters. The Morgan fingerprint density at radius 3 is 2.44 bits per heavy atom. The molecule has 8 heteroatoms. The molecular weight excluding hydrogens is 556 g/mol. The summed E-state index contributed by atoms with van der Waals surface area (Å²) in [5.74, 6) is 0.0355. The summed E-state index contributed by atoms with van der Waals surface area (Å²) in [6.07, 6.45) is 5.97. The van der Waals surface area contributed by atoms with E-state index in [1.165, 1.54) is 16.7 Å². The molecule has 0 radical (unpaired) electrons. The second-order valence-corrected chi connectivity index (χ2v) is 12.5. The third kappa shape index (κ3) is 8.54. The van der Waals surface area contributed by atoms with Crippen LogP contribution in [0.15, 0.2) is 89.8 Å². The Morgan fingerprint density at radius 2 is 1.72 bits per heavy atom. The number of nitrogens with zero attached hydrogens (tertiary/aromatic N) is 1. The van der Waals surface area contributed by atoms with Crippen molar-refractivity contribution >= 4 is 41.0 Å². The molecular formula is C35H38N4O3S. The topological polar surface area (TPSA) is 90.5 Å². The first-order chi connectivity index (χ1) is 20.8. The van der Waals surface area contributed by atoms with E-state index in [4.69, 9.17) is 0 Å². The van der Waals surface area contributed by atoms with Crippen molar-refractivity contribution in [3.8, 4) is 11.1 Å². The minimum atomic E-state index is -0.375. The molecule has 0 aliphatic carbocycles. The van der Waals surface area contributed by atoms with Crippen molar-refractivity contribution in [1.82, 2.24) is 20.9 Å². The SMILES string of the molecule is CC(C)CN(Cc1ccccc1-c1ccccc1)[C@H]1CN[C@H](CNC(=O)/C=C/c2ccc(/C=C3\SC(=O)NC3=O)cc2)C1. The molecule has 2 atom stereocenters. The van der Waals surface area contributed by atoms with Gasteiger partial charge in [-0.2, -0.15) is 0 Å². The predicted molar refractivity (Wildman–Crippen MR) is 175 cm³/mol. The van der Waals surface area contributed by atoms with Crippen LogP contribution < -0.4 is 16.0 Å². The van der Waals surface area contributed by atoms with E-state index >= 15 is 0 Å². The van der Waals surface area contributed by atoms with E-state index in [0.717, 1.165) is 48.9 Å². The van der Waals surface area contributed by atoms with E-state index in [9.17, 15) is 14.4 Å². The number of hydrogen-bond donors (Lipinski definition) is 3. The number of nitrogens with one attached hydrogen (secondary N) is 3. The molecule has 5 rings (SSSR count). The van der Waals surface area contributed by atoms with Gasteiger partial charge in [-0.25, -0.2) is 0 Å². The zero-order chi connectivity index (χ0) is 30.2. The maximum atomic E-state index is 12.6. The lowest BCUT2D eigenvalue weighted by molar-refractivity contribution is -0.116. The molecule has 222 valence electrons. The van der Waals surface area contributed by atoms with Crippen LogP contribution in [0.5, 0.6) is 0 Å². The summed E-state index contributed by atoms with van der Waals surface area (Å²) in [4.78, 5) is 38.6. The van der Waals surface area contributed by atoms with Crippen LogP contribution in [0.1, 0.15) is 37.0 Å². The summed E-state index contributed by atoms with van der Waals surface area (Å²) in [6.45, 7) is 7.90. The molecule has 2 aliphatic rings. The van der Waals surface area contributed by atoms with Gasteiger partial charge in [-0.1, -0.05) is 92.7 Å². The smallest absolute Gasteiger partial charge is 0.290 e. The first-order valence-electron chi connectivity index (χ1n) is 14.8. The lowest BCUT2D eigenvalue weighted by Crippen LogP contribution is -2.38. The van der Waals surface area contributed by atoms with Crippen molar-refractivity contribution in [2.45, 2.75) is 38.9 Å². The van der Waals surface area contributed by atoms with Gasteiger partial charge in [-0.15, -0.1) is 0 Å². The van der Waals surface area contributed by atoms with Crippen LogP contribution >= 0.6 is 11.8 Å². The molecule has 0 saturated carbocycles. The fourth-order valence-corrected chi connectivity index (χ4v) is 6.23. The molecule has 2 fully saturated rings. The zero-order valence-corrected chi connectivity index (χ0v) is 25.4. The van der Waals surface area contributed by atoms with Gasteiger partial charge in [0.1, 0.15) is 0 Å². The second-order valence-electron chi connectivity index (χ2n) is 11.4. The molecule has 0 aromatic heterocycles. The van der Waals surface area contributed by atoms with Crippen LogP contribution in [-0.4, -0.2) is 53.7 Å². The van der Waals surface area contributed by atoms with E-state index in [1.807, 2.05) is 24.3 Å². The van der Waals surface area contributed by atoms with Gasteiger partial charge < -0.3 is 10.6 Å². The maximum Gasteiger partial charge on any atom is 0.290 e. The number of rotatable bonds is 11. The lowest BCUT2D eigenvalue weighted by atomic mass is 9.98. The molecule has 3 aromatic carbocycles. The monoisotopic (exact) mass is 594 g/mol. The second kappa shape index (κ2) is 14.5. The summed E-state index contributed by atoms with van der Waals surface area (Å²) in [6, 6.07) is 27.3. The van der Waals surface area contributed by atoms with Crippen molar-refractivity contribution in [3.05, 3.63) is 107 Å². The van der Waals surface area contributed by atoms with Crippen molar-refractivity contribution in [2.75, 3.05) is 19.6 Å². The van der Waals surface area contributed by atoms with Crippen molar-refractivity contribution < 1.29 is 14.4 Å². The minimum absolute atomic E-state index is 0.134. The Balaban J connectivity index is 1.13. The molecule has 3 amide bonds. The number of carbonyl (C=O) groups excluding carboxylic acids is 3. The molecule has 7 nitrogen and oxygen atoms in total. The van der Waals surface area contributed by atoms with Crippen LogP contribution in [0.4, 0.5) is 4.79 Å². The van der Waals surface area contributed by atoms with E-state index in [-0.39, 0.29) is 23.1 Å². The largest absolute Gasteiger partial charge is 0.351 e. The molecule has 0 spiro atoms. The highest BCUT2D eigenvalue weighted by molar-refractivity contribution is 8.18. The number of hydrogen-bond acceptors (Lipinski definition) is 6. The number of carbonyl (C=O) groups is 3. The summed E-state index contributed by atoms with van der Waals surface area (Å²) in [7, 11) is 0. The summed E-state index contributed by atoms with van der Waals surface area (Å²) in [5.41, 5.74) is 5.53. The van der Waals surface area contributed by atoms with Crippen LogP contribution in [0.25, 0.3) is 23.3 Å². The average molecular weight is 595 g/mol. The predicted octanol–water partition coefficient (Wildman–Crippen LogP) is 5.70. The third-order valence-corrected chi connectivity index (χ3v) is 8.43. The van der Waals surface area contributed by atoms with Crippen LogP contribution in [-0.2, 0) is 16.1 Å². The number of amides is 3. The van der Waals surface area contributed by atoms with E-state index in [0.29, 0.717) is 23.4 Å². The van der Waals surface area contributed by atoms with Crippen molar-refractivity contribution in [2.24, 2.45) is 5.92 Å². The highest BCUT2D eigenvalue weighted by atomic mass is 32.2. The third-order valence-electron chi connectivity index (χ3n) is 7.62. The van der Waals surface area contributed by atoms with Gasteiger partial charge in [0.2, 0.25) is 5.91 Å². The Bertz CT molecular complexity index is 1500. The standard InChI is InChI=1S/C35H38N4O3S/c1-24(2)22-39(23-28-10-6-7-11-31(28)27-8-4-3-5-9-27)30-19-29(36-21-30)20-37-33(40)17-16-25-12-14-26(15-13-25)18-32-34(41)38-35(42)43-32/h3-18,24,29-30,36H,19-23H2,1-2H3,(H,37,40)(H,38,41,42)/b17-16+,32-18-/t29-,30+/m0/s1. The molecule has 2 aliphatic heterocycles. The molecule has 3 aromatic rings. The Kier molecular flexibility index (Phi) is 10.3. The molecule has 0 bridgehead atoms. The number of benzene rings is 3. The Hall–Kier alpha value is -3.98. The molecule has 2 saturated heterocycles. The van der Waals surface area contributed by atoms with Crippen LogP contribution in [0.2, 0.25) is 0 Å². The van der Waals surface area contributed by atoms with Gasteiger partial charge in [-0.3, -0.25) is 24.6 Å². The summed E-state index contributed by atoms with van der Waals surface area (Å²) < 4.78 is 0. The first kappa shape index (κ1) is 30.5. The van der Waals surface area contributed by atoms with Crippen molar-refractivity contribution in [1.29, 1.82) is 0 Å². The highest BCUT2D eigenvalue weighted by Gasteiger charge is 2.30. The van der Waals surface area contributed by atoms with Crippen molar-refractivity contribution in [3.63, 3.8) is 0 Å². The highest BCUT2D eigenvalue weighted by Crippen LogP contribution is 2.27. The molecule has 3 N–H and O–H groups in total.